The minimum absolute atomic E-state index is 0.0128. The van der Waals surface area contributed by atoms with Crippen molar-refractivity contribution >= 4 is 5.91 Å². The number of hydrogen-bond acceptors (Lipinski definition) is 4. The smallest absolute Gasteiger partial charge is 0.405 e. The normalized spacial score (nSPS) is 14.4. The Bertz CT molecular complexity index is 479. The molecule has 0 radical (unpaired) electrons. The van der Waals surface area contributed by atoms with Crippen LogP contribution in [-0.4, -0.2) is 35.1 Å². The van der Waals surface area contributed by atoms with E-state index in [1.165, 1.54) is 25.1 Å². The zero-order valence-corrected chi connectivity index (χ0v) is 11.2. The van der Waals surface area contributed by atoms with E-state index in [1.807, 2.05) is 0 Å². The van der Waals surface area contributed by atoms with Crippen molar-refractivity contribution in [2.45, 2.75) is 31.9 Å². The predicted octanol–water partition coefficient (Wildman–Crippen LogP) is 1.51. The van der Waals surface area contributed by atoms with E-state index in [0.29, 0.717) is 0 Å². The fourth-order valence-electron chi connectivity index (χ4n) is 1.70. The van der Waals surface area contributed by atoms with Gasteiger partial charge in [0.05, 0.1) is 6.10 Å². The molecule has 3 N–H and O–H groups in total. The van der Waals surface area contributed by atoms with Crippen molar-refractivity contribution in [2.24, 2.45) is 0 Å². The number of hydrogen-bond donors (Lipinski definition) is 3. The number of carbonyl (C=O) groups is 1. The molecular formula is C13H16F3NO4. The molecule has 0 bridgehead atoms. The Hall–Kier alpha value is -1.80. The lowest BCUT2D eigenvalue weighted by Crippen LogP contribution is -2.28. The molecule has 2 atom stereocenters. The number of benzene rings is 1. The van der Waals surface area contributed by atoms with Gasteiger partial charge in [0.25, 0.3) is 0 Å². The third kappa shape index (κ3) is 6.01. The number of aliphatic hydroxyl groups is 2. The van der Waals surface area contributed by atoms with Crippen LogP contribution in [0.2, 0.25) is 0 Å². The molecule has 21 heavy (non-hydrogen) atoms. The molecule has 0 heterocycles. The van der Waals surface area contributed by atoms with Gasteiger partial charge in [-0.1, -0.05) is 18.2 Å². The first-order valence-corrected chi connectivity index (χ1v) is 6.16. The molecule has 0 aliphatic rings. The summed E-state index contributed by atoms with van der Waals surface area (Å²) < 4.78 is 40.6. The highest BCUT2D eigenvalue weighted by Crippen LogP contribution is 2.32. The number of nitrogens with one attached hydrogen (secondary N) is 1. The summed E-state index contributed by atoms with van der Waals surface area (Å²) in [5.74, 6) is -0.881. The van der Waals surface area contributed by atoms with E-state index in [1.54, 1.807) is 0 Å². The zero-order valence-electron chi connectivity index (χ0n) is 11.2. The monoisotopic (exact) mass is 307 g/mol. The molecule has 0 saturated carbocycles. The van der Waals surface area contributed by atoms with Crippen molar-refractivity contribution < 1.29 is 32.9 Å². The Morgan fingerprint density at radius 1 is 1.33 bits per heavy atom. The van der Waals surface area contributed by atoms with Crippen LogP contribution in [0.25, 0.3) is 0 Å². The van der Waals surface area contributed by atoms with Gasteiger partial charge < -0.3 is 20.3 Å². The molecule has 1 aromatic rings. The molecule has 5 nitrogen and oxygen atoms in total. The summed E-state index contributed by atoms with van der Waals surface area (Å²) in [6, 6.07) is 5.02. The molecule has 0 fully saturated rings. The van der Waals surface area contributed by atoms with Gasteiger partial charge in [-0.15, -0.1) is 13.2 Å². The van der Waals surface area contributed by atoms with E-state index in [-0.39, 0.29) is 24.4 Å². The third-order valence-corrected chi connectivity index (χ3v) is 2.64. The minimum Gasteiger partial charge on any atom is -0.405 e. The zero-order chi connectivity index (χ0) is 16.0. The van der Waals surface area contributed by atoms with Crippen LogP contribution in [0.3, 0.4) is 0 Å². The maximum absolute atomic E-state index is 12.3. The van der Waals surface area contributed by atoms with Crippen LogP contribution < -0.4 is 10.1 Å². The lowest BCUT2D eigenvalue weighted by Gasteiger charge is -2.21. The molecule has 0 aromatic heterocycles. The summed E-state index contributed by atoms with van der Waals surface area (Å²) in [5.41, 5.74) is -0.176. The largest absolute Gasteiger partial charge is 0.573 e. The Balaban J connectivity index is 2.77. The molecule has 0 saturated heterocycles. The molecule has 8 heteroatoms. The quantitative estimate of drug-likeness (QED) is 0.744. The highest BCUT2D eigenvalue weighted by atomic mass is 19.4. The summed E-state index contributed by atoms with van der Waals surface area (Å²) >= 11 is 0. The summed E-state index contributed by atoms with van der Waals surface area (Å²) in [6.45, 7) is 1.38. The Morgan fingerprint density at radius 3 is 2.52 bits per heavy atom. The number of aliphatic hydroxyl groups excluding tert-OH is 2. The highest BCUT2D eigenvalue weighted by Gasteiger charge is 2.33. The predicted molar refractivity (Wildman–Crippen MR) is 67.4 cm³/mol. The molecule has 1 rings (SSSR count). The lowest BCUT2D eigenvalue weighted by molar-refractivity contribution is -0.275. The van der Waals surface area contributed by atoms with Crippen molar-refractivity contribution in [3.8, 4) is 5.75 Å². The molecule has 0 aliphatic heterocycles. The first-order chi connectivity index (χ1) is 9.70. The minimum atomic E-state index is -4.89. The van der Waals surface area contributed by atoms with Gasteiger partial charge in [-0.2, -0.15) is 0 Å². The lowest BCUT2D eigenvalue weighted by atomic mass is 10.0. The second-order valence-electron chi connectivity index (χ2n) is 4.37. The Kier molecular flexibility index (Phi) is 5.98. The van der Waals surface area contributed by atoms with Crippen LogP contribution in [0.5, 0.6) is 5.75 Å². The standard InChI is InChI=1S/C13H16F3NO4/c1-8(18)17-7-6-10(19)12(20)9-4-2-3-5-11(9)21-13(14,15)16/h2-5,10,12,19-20H,6-7H2,1H3,(H,17,18). The van der Waals surface area contributed by atoms with Crippen LogP contribution in [0.4, 0.5) is 13.2 Å². The molecule has 2 unspecified atom stereocenters. The Labute approximate surface area is 119 Å². The summed E-state index contributed by atoms with van der Waals surface area (Å²) in [4.78, 5) is 10.7. The van der Waals surface area contributed by atoms with E-state index in [0.717, 1.165) is 6.07 Å². The van der Waals surface area contributed by atoms with Crippen molar-refractivity contribution in [1.82, 2.24) is 5.32 Å². The highest BCUT2D eigenvalue weighted by molar-refractivity contribution is 5.72. The molecule has 1 aromatic carbocycles. The van der Waals surface area contributed by atoms with Gasteiger partial charge in [0, 0.05) is 19.0 Å². The van der Waals surface area contributed by atoms with Crippen LogP contribution in [0.1, 0.15) is 25.0 Å². The van der Waals surface area contributed by atoms with Crippen molar-refractivity contribution in [3.05, 3.63) is 29.8 Å². The Morgan fingerprint density at radius 2 is 1.95 bits per heavy atom. The van der Waals surface area contributed by atoms with Gasteiger partial charge in [0.2, 0.25) is 5.91 Å². The summed E-state index contributed by atoms with van der Waals surface area (Å²) in [5, 5.41) is 22.1. The second-order valence-corrected chi connectivity index (χ2v) is 4.37. The number of ether oxygens (including phenoxy) is 1. The van der Waals surface area contributed by atoms with Gasteiger partial charge in [-0.25, -0.2) is 0 Å². The van der Waals surface area contributed by atoms with Crippen molar-refractivity contribution in [3.63, 3.8) is 0 Å². The van der Waals surface area contributed by atoms with Gasteiger partial charge >= 0.3 is 6.36 Å². The van der Waals surface area contributed by atoms with Crippen LogP contribution in [-0.2, 0) is 4.79 Å². The van der Waals surface area contributed by atoms with E-state index >= 15 is 0 Å². The molecule has 118 valence electrons. The molecular weight excluding hydrogens is 291 g/mol. The van der Waals surface area contributed by atoms with Gasteiger partial charge in [-0.05, 0) is 12.5 Å². The third-order valence-electron chi connectivity index (χ3n) is 2.64. The number of carbonyl (C=O) groups excluding carboxylic acids is 1. The van der Waals surface area contributed by atoms with E-state index < -0.39 is 24.3 Å². The number of halogens is 3. The van der Waals surface area contributed by atoms with Crippen LogP contribution in [0.15, 0.2) is 24.3 Å². The van der Waals surface area contributed by atoms with E-state index in [4.69, 9.17) is 0 Å². The number of rotatable bonds is 6. The first kappa shape index (κ1) is 17.3. The maximum atomic E-state index is 12.3. The number of alkyl halides is 3. The number of para-hydroxylation sites is 1. The molecule has 1 amide bonds. The van der Waals surface area contributed by atoms with E-state index in [9.17, 15) is 28.2 Å². The van der Waals surface area contributed by atoms with Crippen LogP contribution >= 0.6 is 0 Å². The average molecular weight is 307 g/mol. The van der Waals surface area contributed by atoms with Crippen molar-refractivity contribution in [1.29, 1.82) is 0 Å². The fraction of sp³-hybridized carbons (Fsp3) is 0.462. The SMILES string of the molecule is CC(=O)NCCC(O)C(O)c1ccccc1OC(F)(F)F. The molecule has 0 spiro atoms. The summed E-state index contributed by atoms with van der Waals surface area (Å²) in [6.07, 6.45) is -7.80. The topological polar surface area (TPSA) is 78.8 Å². The average Bonchev–Trinajstić information content (AvgIpc) is 2.36. The second kappa shape index (κ2) is 7.28. The number of amides is 1. The van der Waals surface area contributed by atoms with Crippen LogP contribution in [0, 0.1) is 0 Å². The first-order valence-electron chi connectivity index (χ1n) is 6.16. The maximum Gasteiger partial charge on any atom is 0.573 e. The van der Waals surface area contributed by atoms with Gasteiger partial charge in [-0.3, -0.25) is 4.79 Å². The molecule has 0 aliphatic carbocycles. The summed E-state index contributed by atoms with van der Waals surface area (Å²) in [7, 11) is 0. The van der Waals surface area contributed by atoms with Crippen molar-refractivity contribution in [2.75, 3.05) is 6.54 Å². The van der Waals surface area contributed by atoms with E-state index in [2.05, 4.69) is 10.1 Å². The van der Waals surface area contributed by atoms with Gasteiger partial charge in [0.15, 0.2) is 0 Å². The van der Waals surface area contributed by atoms with Gasteiger partial charge in [0.1, 0.15) is 11.9 Å². The fourth-order valence-corrected chi connectivity index (χ4v) is 1.70.